The molecule has 9 nitrogen and oxygen atoms in total. The van der Waals surface area contributed by atoms with Gasteiger partial charge in [-0.2, -0.15) is 4.98 Å². The summed E-state index contributed by atoms with van der Waals surface area (Å²) in [6.45, 7) is 2.19. The van der Waals surface area contributed by atoms with E-state index in [9.17, 15) is 15.3 Å². The third-order valence-corrected chi connectivity index (χ3v) is 9.21. The van der Waals surface area contributed by atoms with E-state index in [1.807, 2.05) is 31.2 Å². The van der Waals surface area contributed by atoms with Crippen LogP contribution < -0.4 is 10.6 Å². The van der Waals surface area contributed by atoms with E-state index in [2.05, 4.69) is 21.0 Å². The zero-order valence-corrected chi connectivity index (χ0v) is 22.7. The molecule has 38 heavy (non-hydrogen) atoms. The maximum atomic E-state index is 10.7. The molecular weight excluding hydrogens is 544 g/mol. The largest absolute Gasteiger partial charge is 0.396 e. The number of aliphatic hydroxyl groups is 3. The highest BCUT2D eigenvalue weighted by molar-refractivity contribution is 7.21. The van der Waals surface area contributed by atoms with Gasteiger partial charge in [-0.25, -0.2) is 9.97 Å². The van der Waals surface area contributed by atoms with Crippen molar-refractivity contribution in [3.8, 4) is 10.6 Å². The van der Waals surface area contributed by atoms with Crippen molar-refractivity contribution in [3.05, 3.63) is 58.3 Å². The van der Waals surface area contributed by atoms with E-state index < -0.39 is 24.2 Å². The monoisotopic (exact) mass is 568 g/mol. The van der Waals surface area contributed by atoms with E-state index in [1.165, 1.54) is 11.3 Å². The Bertz CT molecular complexity index is 1590. The predicted octanol–water partition coefficient (Wildman–Crippen LogP) is 4.45. The quantitative estimate of drug-likeness (QED) is 0.193. The molecule has 12 heteroatoms. The zero-order chi connectivity index (χ0) is 26.4. The zero-order valence-electron chi connectivity index (χ0n) is 20.3. The molecule has 0 spiro atoms. The van der Waals surface area contributed by atoms with Gasteiger partial charge < -0.3 is 26.0 Å². The second kappa shape index (κ2) is 10.3. The normalized spacial score (nSPS) is 21.4. The lowest BCUT2D eigenvalue weighted by atomic mass is 10.1. The van der Waals surface area contributed by atoms with Gasteiger partial charge >= 0.3 is 0 Å². The molecule has 4 heterocycles. The lowest BCUT2D eigenvalue weighted by Gasteiger charge is -2.21. The van der Waals surface area contributed by atoms with Crippen LogP contribution in [0.25, 0.3) is 30.9 Å². The van der Waals surface area contributed by atoms with Crippen molar-refractivity contribution in [1.82, 2.24) is 19.9 Å². The topological polar surface area (TPSA) is 136 Å². The van der Waals surface area contributed by atoms with Gasteiger partial charge in [0, 0.05) is 35.0 Å². The molecule has 1 saturated carbocycles. The summed E-state index contributed by atoms with van der Waals surface area (Å²) in [6, 6.07) is 7.27. The van der Waals surface area contributed by atoms with Crippen molar-refractivity contribution in [2.24, 2.45) is 5.92 Å². The number of nitrogens with zero attached hydrogens (tertiary/aromatic N) is 4. The minimum absolute atomic E-state index is 0.206. The number of fused-ring (bicyclic) bond motifs is 2. The molecule has 1 fully saturated rings. The molecule has 4 aromatic heterocycles. The van der Waals surface area contributed by atoms with Crippen molar-refractivity contribution >= 4 is 66.3 Å². The average molecular weight is 569 g/mol. The molecule has 6 rings (SSSR count). The summed E-state index contributed by atoms with van der Waals surface area (Å²) in [5, 5.41) is 41.9. The summed E-state index contributed by atoms with van der Waals surface area (Å²) in [6.07, 6.45) is 1.78. The van der Waals surface area contributed by atoms with Crippen LogP contribution in [0, 0.1) is 12.8 Å². The summed E-state index contributed by atoms with van der Waals surface area (Å²) in [5.41, 5.74) is 3.30. The highest BCUT2D eigenvalue weighted by Gasteiger charge is 2.41. The number of aromatic nitrogens is 4. The summed E-state index contributed by atoms with van der Waals surface area (Å²) in [4.78, 5) is 18.4. The molecule has 0 bridgehead atoms. The van der Waals surface area contributed by atoms with Crippen LogP contribution in [0.15, 0.2) is 42.0 Å². The summed E-state index contributed by atoms with van der Waals surface area (Å²) in [5.74, 6) is 0.503. The highest BCUT2D eigenvalue weighted by atomic mass is 35.5. The van der Waals surface area contributed by atoms with Crippen LogP contribution in [0.5, 0.6) is 0 Å². The van der Waals surface area contributed by atoms with E-state index in [-0.39, 0.29) is 6.61 Å². The van der Waals surface area contributed by atoms with Gasteiger partial charge in [0.1, 0.15) is 22.4 Å². The lowest BCUT2D eigenvalue weighted by Crippen LogP contribution is -2.35. The molecule has 1 aliphatic carbocycles. The number of nitrogens with one attached hydrogen (secondary N) is 2. The molecule has 4 atom stereocenters. The Kier molecular flexibility index (Phi) is 6.89. The smallest absolute Gasteiger partial charge is 0.225 e. The van der Waals surface area contributed by atoms with Gasteiger partial charge in [0.25, 0.3) is 0 Å². The van der Waals surface area contributed by atoms with Gasteiger partial charge in [0.15, 0.2) is 0 Å². The Labute approximate surface area is 231 Å². The van der Waals surface area contributed by atoms with Gasteiger partial charge in [0.2, 0.25) is 5.95 Å². The van der Waals surface area contributed by atoms with Crippen LogP contribution in [-0.4, -0.2) is 60.1 Å². The molecular formula is C26H25ClN6O3S2. The second-order valence-electron chi connectivity index (χ2n) is 9.38. The molecule has 5 N–H and O–H groups in total. The third-order valence-electron chi connectivity index (χ3n) is 6.90. The Morgan fingerprint density at radius 3 is 2.76 bits per heavy atom. The van der Waals surface area contributed by atoms with Crippen molar-refractivity contribution in [2.45, 2.75) is 38.1 Å². The molecule has 196 valence electrons. The molecule has 0 saturated heterocycles. The number of thiazole rings is 1. The van der Waals surface area contributed by atoms with E-state index in [0.29, 0.717) is 35.4 Å². The fourth-order valence-electron chi connectivity index (χ4n) is 4.89. The first-order chi connectivity index (χ1) is 18.4. The SMILES string of the molecule is Cc1nc(NCc2csc3ccc(Cl)cc23)nc(N[C@@H]2C[C@H](CO)[C@@H](O)[C@H]2O)c1-c1nc2cnccc2s1. The van der Waals surface area contributed by atoms with E-state index in [1.54, 1.807) is 23.7 Å². The Morgan fingerprint density at radius 1 is 1.11 bits per heavy atom. The van der Waals surface area contributed by atoms with E-state index >= 15 is 0 Å². The number of hydrogen-bond donors (Lipinski definition) is 5. The van der Waals surface area contributed by atoms with E-state index in [0.717, 1.165) is 36.4 Å². The Morgan fingerprint density at radius 2 is 1.97 bits per heavy atom. The van der Waals surface area contributed by atoms with Crippen LogP contribution in [0.4, 0.5) is 11.8 Å². The summed E-state index contributed by atoms with van der Waals surface area (Å²) >= 11 is 9.39. The van der Waals surface area contributed by atoms with E-state index in [4.69, 9.17) is 26.6 Å². The fraction of sp³-hybridized carbons (Fsp3) is 0.308. The maximum Gasteiger partial charge on any atom is 0.225 e. The first kappa shape index (κ1) is 25.4. The van der Waals surface area contributed by atoms with Gasteiger partial charge in [-0.05, 0) is 53.9 Å². The number of hydrogen-bond acceptors (Lipinski definition) is 11. The molecule has 0 unspecified atom stereocenters. The third kappa shape index (κ3) is 4.70. The lowest BCUT2D eigenvalue weighted by molar-refractivity contribution is 0.00446. The molecule has 0 radical (unpaired) electrons. The van der Waals surface area contributed by atoms with Gasteiger partial charge in [-0.1, -0.05) is 11.6 Å². The number of pyridine rings is 1. The van der Waals surface area contributed by atoms with Crippen LogP contribution in [0.1, 0.15) is 17.7 Å². The van der Waals surface area contributed by atoms with Crippen LogP contribution in [0.3, 0.4) is 0 Å². The van der Waals surface area contributed by atoms with Crippen molar-refractivity contribution in [2.75, 3.05) is 17.2 Å². The first-order valence-corrected chi connectivity index (χ1v) is 14.2. The Balaban J connectivity index is 1.36. The first-order valence-electron chi connectivity index (χ1n) is 12.1. The minimum Gasteiger partial charge on any atom is -0.396 e. The summed E-state index contributed by atoms with van der Waals surface area (Å²) < 4.78 is 2.14. The number of anilines is 2. The summed E-state index contributed by atoms with van der Waals surface area (Å²) in [7, 11) is 0. The number of rotatable bonds is 7. The standard InChI is InChI=1S/C26H25ClN6O3S2/c1-12-21(25-32-18-9-28-5-4-20(18)38-25)24(31-17-6-13(10-34)22(35)23(17)36)33-26(30-12)29-8-14-11-37-19-3-2-15(27)7-16(14)19/h2-5,7,9,11,13,17,22-23,34-36H,6,8,10H2,1H3,(H2,29,30,31,33)/t13-,17-,22-,23+/m1/s1. The molecule has 1 aromatic carbocycles. The molecule has 0 amide bonds. The van der Waals surface area contributed by atoms with Gasteiger partial charge in [-0.15, -0.1) is 22.7 Å². The fourth-order valence-corrected chi connectivity index (χ4v) is 7.03. The van der Waals surface area contributed by atoms with Crippen molar-refractivity contribution in [3.63, 3.8) is 0 Å². The van der Waals surface area contributed by atoms with Crippen LogP contribution >= 0.6 is 34.3 Å². The molecule has 0 aliphatic heterocycles. The maximum absolute atomic E-state index is 10.7. The number of thiophene rings is 1. The van der Waals surface area contributed by atoms with Crippen molar-refractivity contribution in [1.29, 1.82) is 0 Å². The number of aryl methyl sites for hydroxylation is 1. The van der Waals surface area contributed by atoms with Crippen LogP contribution in [-0.2, 0) is 6.54 Å². The predicted molar refractivity (Wildman–Crippen MR) is 152 cm³/mol. The highest BCUT2D eigenvalue weighted by Crippen LogP contribution is 2.38. The number of benzene rings is 1. The minimum atomic E-state index is -1.05. The number of halogens is 1. The van der Waals surface area contributed by atoms with Crippen molar-refractivity contribution < 1.29 is 15.3 Å². The van der Waals surface area contributed by atoms with Gasteiger partial charge in [0.05, 0.1) is 34.3 Å². The number of aliphatic hydroxyl groups excluding tert-OH is 3. The Hall–Kier alpha value is -2.93. The second-order valence-corrected chi connectivity index (χ2v) is 11.8. The van der Waals surface area contributed by atoms with Crippen LogP contribution in [0.2, 0.25) is 5.02 Å². The molecule has 5 aromatic rings. The van der Waals surface area contributed by atoms with Gasteiger partial charge in [-0.3, -0.25) is 4.98 Å². The average Bonchev–Trinajstić information content (AvgIpc) is 3.59. The molecule has 1 aliphatic rings.